The fraction of sp³-hybridized carbons (Fsp3) is 0.0556. The summed E-state index contributed by atoms with van der Waals surface area (Å²) < 4.78 is 12.8. The van der Waals surface area contributed by atoms with Crippen molar-refractivity contribution < 1.29 is 4.39 Å². The normalized spacial score (nSPS) is 11.6. The molecule has 1 N–H and O–H groups in total. The maximum Gasteiger partial charge on any atom is 0.123 e. The zero-order valence-electron chi connectivity index (χ0n) is 11.7. The molecule has 0 fully saturated rings. The van der Waals surface area contributed by atoms with Gasteiger partial charge in [-0.2, -0.15) is 5.10 Å². The van der Waals surface area contributed by atoms with Crippen LogP contribution >= 0.6 is 0 Å². The average molecular weight is 278 g/mol. The van der Waals surface area contributed by atoms with E-state index >= 15 is 0 Å². The number of nitrogens with one attached hydrogen (secondary N) is 1. The van der Waals surface area contributed by atoms with Crippen LogP contribution in [0.2, 0.25) is 0 Å². The van der Waals surface area contributed by atoms with E-state index in [0.29, 0.717) is 0 Å². The van der Waals surface area contributed by atoms with Crippen molar-refractivity contribution in [1.29, 1.82) is 0 Å². The first-order chi connectivity index (χ1) is 10.2. The standard InChI is InChI=1S/C18H15FN2/c1-13(20-21-18-10-8-17(19)9-11-18)15-7-6-14-4-2-3-5-16(14)12-15/h2-12,21H,1H3. The third kappa shape index (κ3) is 3.08. The van der Waals surface area contributed by atoms with Gasteiger partial charge in [-0.3, -0.25) is 5.43 Å². The molecular formula is C18H15FN2. The maximum atomic E-state index is 12.8. The van der Waals surface area contributed by atoms with Crippen molar-refractivity contribution in [3.05, 3.63) is 78.1 Å². The van der Waals surface area contributed by atoms with Gasteiger partial charge in [0.2, 0.25) is 0 Å². The molecule has 3 aromatic carbocycles. The van der Waals surface area contributed by atoms with Crippen LogP contribution in [0.1, 0.15) is 12.5 Å². The summed E-state index contributed by atoms with van der Waals surface area (Å²) in [5.74, 6) is -0.254. The Hall–Kier alpha value is -2.68. The van der Waals surface area contributed by atoms with Gasteiger partial charge in [0.05, 0.1) is 11.4 Å². The van der Waals surface area contributed by atoms with Gasteiger partial charge in [0.1, 0.15) is 5.82 Å². The van der Waals surface area contributed by atoms with E-state index in [1.807, 2.05) is 25.1 Å². The SMILES string of the molecule is CC(=NNc1ccc(F)cc1)c1ccc2ccccc2c1. The summed E-state index contributed by atoms with van der Waals surface area (Å²) in [7, 11) is 0. The third-order valence-corrected chi connectivity index (χ3v) is 3.36. The summed E-state index contributed by atoms with van der Waals surface area (Å²) >= 11 is 0. The van der Waals surface area contributed by atoms with Crippen LogP contribution in [0, 0.1) is 5.82 Å². The number of hydrazone groups is 1. The largest absolute Gasteiger partial charge is 0.278 e. The Morgan fingerprint density at radius 2 is 1.62 bits per heavy atom. The quantitative estimate of drug-likeness (QED) is 0.539. The van der Waals surface area contributed by atoms with E-state index in [-0.39, 0.29) is 5.82 Å². The highest BCUT2D eigenvalue weighted by Gasteiger charge is 2.00. The first-order valence-electron chi connectivity index (χ1n) is 6.77. The number of fused-ring (bicyclic) bond motifs is 1. The lowest BCUT2D eigenvalue weighted by Crippen LogP contribution is -1.99. The van der Waals surface area contributed by atoms with Crippen molar-refractivity contribution >= 4 is 22.2 Å². The van der Waals surface area contributed by atoms with E-state index < -0.39 is 0 Å². The summed E-state index contributed by atoms with van der Waals surface area (Å²) in [5, 5.41) is 6.74. The summed E-state index contributed by atoms with van der Waals surface area (Å²) in [6.07, 6.45) is 0. The lowest BCUT2D eigenvalue weighted by atomic mass is 10.0. The molecule has 0 unspecified atom stereocenters. The van der Waals surface area contributed by atoms with E-state index in [4.69, 9.17) is 0 Å². The van der Waals surface area contributed by atoms with Gasteiger partial charge >= 0.3 is 0 Å². The fourth-order valence-electron chi connectivity index (χ4n) is 2.15. The van der Waals surface area contributed by atoms with E-state index in [2.05, 4.69) is 34.8 Å². The highest BCUT2D eigenvalue weighted by atomic mass is 19.1. The molecule has 3 aromatic rings. The van der Waals surface area contributed by atoms with E-state index in [0.717, 1.165) is 17.0 Å². The van der Waals surface area contributed by atoms with Gasteiger partial charge in [-0.25, -0.2) is 4.39 Å². The zero-order chi connectivity index (χ0) is 14.7. The highest BCUT2D eigenvalue weighted by Crippen LogP contribution is 2.16. The Morgan fingerprint density at radius 3 is 2.38 bits per heavy atom. The predicted molar refractivity (Wildman–Crippen MR) is 86.2 cm³/mol. The van der Waals surface area contributed by atoms with E-state index in [1.54, 1.807) is 12.1 Å². The molecule has 2 nitrogen and oxygen atoms in total. The summed E-state index contributed by atoms with van der Waals surface area (Å²) in [6, 6.07) is 20.6. The molecule has 0 bridgehead atoms. The molecule has 0 aliphatic heterocycles. The number of benzene rings is 3. The molecule has 0 aromatic heterocycles. The van der Waals surface area contributed by atoms with E-state index in [1.165, 1.54) is 22.9 Å². The number of hydrogen-bond donors (Lipinski definition) is 1. The van der Waals surface area contributed by atoms with Crippen LogP contribution in [-0.2, 0) is 0 Å². The Morgan fingerprint density at radius 1 is 0.905 bits per heavy atom. The Kier molecular flexibility index (Phi) is 3.65. The van der Waals surface area contributed by atoms with Crippen LogP contribution in [0.5, 0.6) is 0 Å². The van der Waals surface area contributed by atoms with Crippen molar-refractivity contribution in [1.82, 2.24) is 0 Å². The van der Waals surface area contributed by atoms with Gasteiger partial charge in [0, 0.05) is 0 Å². The van der Waals surface area contributed by atoms with Crippen molar-refractivity contribution in [3.8, 4) is 0 Å². The molecule has 0 spiro atoms. The maximum absolute atomic E-state index is 12.8. The minimum Gasteiger partial charge on any atom is -0.278 e. The van der Waals surface area contributed by atoms with Crippen molar-refractivity contribution in [2.75, 3.05) is 5.43 Å². The smallest absolute Gasteiger partial charge is 0.123 e. The number of halogens is 1. The molecule has 21 heavy (non-hydrogen) atoms. The lowest BCUT2D eigenvalue weighted by molar-refractivity contribution is 0.628. The summed E-state index contributed by atoms with van der Waals surface area (Å²) in [5.41, 5.74) is 5.64. The second-order valence-corrected chi connectivity index (χ2v) is 4.88. The number of anilines is 1. The molecule has 0 saturated carbocycles. The van der Waals surface area contributed by atoms with E-state index in [9.17, 15) is 4.39 Å². The number of rotatable bonds is 3. The van der Waals surface area contributed by atoms with Gasteiger partial charge in [-0.15, -0.1) is 0 Å². The minimum atomic E-state index is -0.254. The average Bonchev–Trinajstić information content (AvgIpc) is 2.53. The molecule has 3 heteroatoms. The summed E-state index contributed by atoms with van der Waals surface area (Å²) in [4.78, 5) is 0. The molecule has 0 aliphatic carbocycles. The highest BCUT2D eigenvalue weighted by molar-refractivity contribution is 6.02. The Labute approximate surface area is 122 Å². The Bertz CT molecular complexity index is 792. The van der Waals surface area contributed by atoms with Gasteiger partial charge in [-0.05, 0) is 53.6 Å². The second kappa shape index (κ2) is 5.75. The van der Waals surface area contributed by atoms with Gasteiger partial charge in [0.15, 0.2) is 0 Å². The number of hydrogen-bond acceptors (Lipinski definition) is 2. The van der Waals surface area contributed by atoms with Crippen molar-refractivity contribution in [3.63, 3.8) is 0 Å². The molecule has 0 aliphatic rings. The van der Waals surface area contributed by atoms with Crippen LogP contribution in [-0.4, -0.2) is 5.71 Å². The molecule has 3 rings (SSSR count). The molecule has 104 valence electrons. The third-order valence-electron chi connectivity index (χ3n) is 3.36. The van der Waals surface area contributed by atoms with Crippen LogP contribution in [0.15, 0.2) is 71.8 Å². The molecule has 0 atom stereocenters. The summed E-state index contributed by atoms with van der Waals surface area (Å²) in [6.45, 7) is 1.95. The van der Waals surface area contributed by atoms with Gasteiger partial charge in [0.25, 0.3) is 0 Å². The zero-order valence-corrected chi connectivity index (χ0v) is 11.7. The van der Waals surface area contributed by atoms with Gasteiger partial charge in [-0.1, -0.05) is 36.4 Å². The first kappa shape index (κ1) is 13.3. The van der Waals surface area contributed by atoms with Crippen LogP contribution in [0.4, 0.5) is 10.1 Å². The van der Waals surface area contributed by atoms with Crippen LogP contribution < -0.4 is 5.43 Å². The first-order valence-corrected chi connectivity index (χ1v) is 6.77. The molecule has 0 heterocycles. The van der Waals surface area contributed by atoms with Crippen molar-refractivity contribution in [2.24, 2.45) is 5.10 Å². The monoisotopic (exact) mass is 278 g/mol. The van der Waals surface area contributed by atoms with Crippen LogP contribution in [0.3, 0.4) is 0 Å². The predicted octanol–water partition coefficient (Wildman–Crippen LogP) is 4.82. The lowest BCUT2D eigenvalue weighted by Gasteiger charge is -2.05. The van der Waals surface area contributed by atoms with Crippen LogP contribution in [0.25, 0.3) is 10.8 Å². The molecular weight excluding hydrogens is 263 g/mol. The second-order valence-electron chi connectivity index (χ2n) is 4.88. The molecule has 0 radical (unpaired) electrons. The Balaban J connectivity index is 1.83. The van der Waals surface area contributed by atoms with Gasteiger partial charge < -0.3 is 0 Å². The number of nitrogens with zero attached hydrogens (tertiary/aromatic N) is 1. The fourth-order valence-corrected chi connectivity index (χ4v) is 2.15. The topological polar surface area (TPSA) is 24.4 Å². The molecule has 0 saturated heterocycles. The molecule has 0 amide bonds. The minimum absolute atomic E-state index is 0.254. The van der Waals surface area contributed by atoms with Crippen molar-refractivity contribution in [2.45, 2.75) is 6.92 Å².